The minimum atomic E-state index is -0.733. The molecule has 0 aromatic heterocycles. The number of ether oxygens (including phenoxy) is 1. The molecule has 0 saturated carbocycles. The van der Waals surface area contributed by atoms with Crippen LogP contribution >= 0.6 is 0 Å². The maximum Gasteiger partial charge on any atom is 0.182 e. The van der Waals surface area contributed by atoms with Gasteiger partial charge in [-0.25, -0.2) is 0 Å². The van der Waals surface area contributed by atoms with E-state index in [1.54, 1.807) is 0 Å². The normalized spacial score (nSPS) is 26.5. The van der Waals surface area contributed by atoms with E-state index in [1.165, 1.54) is 0 Å². The Labute approximate surface area is 78.2 Å². The fourth-order valence-corrected chi connectivity index (χ4v) is 1.80. The first-order chi connectivity index (χ1) is 6.20. The van der Waals surface area contributed by atoms with E-state index in [1.807, 2.05) is 24.3 Å². The molecule has 0 amide bonds. The largest absolute Gasteiger partial charge is 0.364 e. The van der Waals surface area contributed by atoms with Gasteiger partial charge in [0.2, 0.25) is 0 Å². The molecule has 1 unspecified atom stereocenters. The summed E-state index contributed by atoms with van der Waals surface area (Å²) in [7, 11) is 0. The van der Waals surface area contributed by atoms with E-state index in [-0.39, 0.29) is 6.10 Å². The lowest BCUT2D eigenvalue weighted by atomic mass is 9.97. The standard InChI is InChI=1S/C11H14O2/c1-7(2)10-8-5-3-4-6-9(8)11(12)13-10/h3-7,10-12H,1-2H3/t10-,11?/m1/s1. The summed E-state index contributed by atoms with van der Waals surface area (Å²) in [6, 6.07) is 7.85. The number of fused-ring (bicyclic) bond motifs is 1. The molecule has 1 N–H and O–H groups in total. The van der Waals surface area contributed by atoms with Gasteiger partial charge in [-0.05, 0) is 11.5 Å². The Bertz CT molecular complexity index is 307. The lowest BCUT2D eigenvalue weighted by Crippen LogP contribution is -2.05. The maximum atomic E-state index is 9.58. The molecule has 2 rings (SSSR count). The third kappa shape index (κ3) is 1.36. The highest BCUT2D eigenvalue weighted by Gasteiger charge is 2.31. The van der Waals surface area contributed by atoms with Crippen molar-refractivity contribution in [1.82, 2.24) is 0 Å². The van der Waals surface area contributed by atoms with Gasteiger partial charge < -0.3 is 9.84 Å². The van der Waals surface area contributed by atoms with Crippen LogP contribution in [0.4, 0.5) is 0 Å². The quantitative estimate of drug-likeness (QED) is 0.715. The van der Waals surface area contributed by atoms with Crippen LogP contribution in [0.2, 0.25) is 0 Å². The summed E-state index contributed by atoms with van der Waals surface area (Å²) in [4.78, 5) is 0. The van der Waals surface area contributed by atoms with E-state index in [4.69, 9.17) is 4.74 Å². The van der Waals surface area contributed by atoms with Crippen molar-refractivity contribution in [3.05, 3.63) is 35.4 Å². The van der Waals surface area contributed by atoms with E-state index in [2.05, 4.69) is 13.8 Å². The molecule has 13 heavy (non-hydrogen) atoms. The van der Waals surface area contributed by atoms with Crippen molar-refractivity contribution in [2.75, 3.05) is 0 Å². The van der Waals surface area contributed by atoms with Crippen LogP contribution in [0.3, 0.4) is 0 Å². The molecule has 70 valence electrons. The lowest BCUT2D eigenvalue weighted by molar-refractivity contribution is -0.132. The molecule has 2 heteroatoms. The number of hydrogen-bond acceptors (Lipinski definition) is 2. The molecule has 0 bridgehead atoms. The zero-order valence-electron chi connectivity index (χ0n) is 7.90. The van der Waals surface area contributed by atoms with Crippen LogP contribution in [0.25, 0.3) is 0 Å². The lowest BCUT2D eigenvalue weighted by Gasteiger charge is -2.15. The van der Waals surface area contributed by atoms with E-state index >= 15 is 0 Å². The second-order valence-corrected chi connectivity index (χ2v) is 3.78. The third-order valence-electron chi connectivity index (χ3n) is 2.45. The minimum Gasteiger partial charge on any atom is -0.364 e. The predicted molar refractivity (Wildman–Crippen MR) is 50.1 cm³/mol. The first-order valence-electron chi connectivity index (χ1n) is 4.62. The smallest absolute Gasteiger partial charge is 0.182 e. The Balaban J connectivity index is 2.41. The highest BCUT2D eigenvalue weighted by atomic mass is 16.6. The minimum absolute atomic E-state index is 0.0474. The summed E-state index contributed by atoms with van der Waals surface area (Å²) < 4.78 is 5.45. The molecule has 1 aliphatic rings. The maximum absolute atomic E-state index is 9.58. The Morgan fingerprint density at radius 3 is 2.46 bits per heavy atom. The van der Waals surface area contributed by atoms with Crippen molar-refractivity contribution in [3.63, 3.8) is 0 Å². The Kier molecular flexibility index (Phi) is 2.10. The Morgan fingerprint density at radius 2 is 1.85 bits per heavy atom. The molecule has 2 atom stereocenters. The van der Waals surface area contributed by atoms with E-state index in [0.717, 1.165) is 11.1 Å². The molecule has 2 nitrogen and oxygen atoms in total. The number of aliphatic hydroxyl groups excluding tert-OH is 1. The highest BCUT2D eigenvalue weighted by Crippen LogP contribution is 2.40. The molecule has 1 aliphatic heterocycles. The van der Waals surface area contributed by atoms with Crippen LogP contribution in [0.15, 0.2) is 24.3 Å². The van der Waals surface area contributed by atoms with Gasteiger partial charge in [0, 0.05) is 5.56 Å². The average Bonchev–Trinajstić information content (AvgIpc) is 2.45. The fourth-order valence-electron chi connectivity index (χ4n) is 1.80. The molecule has 0 aliphatic carbocycles. The van der Waals surface area contributed by atoms with Crippen LogP contribution < -0.4 is 0 Å². The molecule has 1 aromatic rings. The van der Waals surface area contributed by atoms with Gasteiger partial charge in [0.05, 0.1) is 6.10 Å². The molecule has 1 heterocycles. The molecular weight excluding hydrogens is 164 g/mol. The van der Waals surface area contributed by atoms with Crippen molar-refractivity contribution in [2.45, 2.75) is 26.2 Å². The van der Waals surface area contributed by atoms with Gasteiger partial charge in [-0.1, -0.05) is 38.1 Å². The van der Waals surface area contributed by atoms with Crippen molar-refractivity contribution in [3.8, 4) is 0 Å². The average molecular weight is 178 g/mol. The summed E-state index contributed by atoms with van der Waals surface area (Å²) in [6.45, 7) is 4.19. The summed E-state index contributed by atoms with van der Waals surface area (Å²) in [5.41, 5.74) is 2.05. The monoisotopic (exact) mass is 178 g/mol. The zero-order valence-corrected chi connectivity index (χ0v) is 7.90. The summed E-state index contributed by atoms with van der Waals surface area (Å²) >= 11 is 0. The molecule has 0 spiro atoms. The predicted octanol–water partition coefficient (Wildman–Crippen LogP) is 2.40. The summed E-state index contributed by atoms with van der Waals surface area (Å²) in [6.07, 6.45) is -0.685. The third-order valence-corrected chi connectivity index (χ3v) is 2.45. The number of benzene rings is 1. The van der Waals surface area contributed by atoms with Crippen LogP contribution in [-0.2, 0) is 4.74 Å². The fraction of sp³-hybridized carbons (Fsp3) is 0.455. The van der Waals surface area contributed by atoms with Gasteiger partial charge in [-0.15, -0.1) is 0 Å². The van der Waals surface area contributed by atoms with Gasteiger partial charge in [0.25, 0.3) is 0 Å². The van der Waals surface area contributed by atoms with Gasteiger partial charge in [-0.2, -0.15) is 0 Å². The van der Waals surface area contributed by atoms with Crippen molar-refractivity contribution in [1.29, 1.82) is 0 Å². The van der Waals surface area contributed by atoms with Gasteiger partial charge in [-0.3, -0.25) is 0 Å². The summed E-state index contributed by atoms with van der Waals surface area (Å²) in [5, 5.41) is 9.58. The summed E-state index contributed by atoms with van der Waals surface area (Å²) in [5.74, 6) is 0.401. The topological polar surface area (TPSA) is 29.5 Å². The van der Waals surface area contributed by atoms with Gasteiger partial charge in [0.1, 0.15) is 0 Å². The Morgan fingerprint density at radius 1 is 1.23 bits per heavy atom. The second kappa shape index (κ2) is 3.13. The molecule has 0 fully saturated rings. The molecular formula is C11H14O2. The van der Waals surface area contributed by atoms with Gasteiger partial charge in [0.15, 0.2) is 6.29 Å². The molecule has 1 aromatic carbocycles. The number of hydrogen-bond donors (Lipinski definition) is 1. The van der Waals surface area contributed by atoms with Crippen LogP contribution in [0, 0.1) is 5.92 Å². The van der Waals surface area contributed by atoms with Crippen molar-refractivity contribution < 1.29 is 9.84 Å². The van der Waals surface area contributed by atoms with Crippen LogP contribution in [-0.4, -0.2) is 5.11 Å². The first-order valence-corrected chi connectivity index (χ1v) is 4.62. The zero-order chi connectivity index (χ0) is 9.42. The Hall–Kier alpha value is -0.860. The molecule has 0 radical (unpaired) electrons. The first kappa shape index (κ1) is 8.73. The number of rotatable bonds is 1. The van der Waals surface area contributed by atoms with E-state index in [9.17, 15) is 5.11 Å². The highest BCUT2D eigenvalue weighted by molar-refractivity contribution is 5.33. The number of aliphatic hydroxyl groups is 1. The van der Waals surface area contributed by atoms with Crippen LogP contribution in [0.1, 0.15) is 37.4 Å². The van der Waals surface area contributed by atoms with Crippen LogP contribution in [0.5, 0.6) is 0 Å². The van der Waals surface area contributed by atoms with Crippen molar-refractivity contribution >= 4 is 0 Å². The van der Waals surface area contributed by atoms with Gasteiger partial charge >= 0.3 is 0 Å². The van der Waals surface area contributed by atoms with Crippen molar-refractivity contribution in [2.24, 2.45) is 5.92 Å². The van der Waals surface area contributed by atoms with E-state index < -0.39 is 6.29 Å². The SMILES string of the molecule is CC(C)[C@H]1OC(O)c2ccccc21. The second-order valence-electron chi connectivity index (χ2n) is 3.78. The van der Waals surface area contributed by atoms with E-state index in [0.29, 0.717) is 5.92 Å². The molecule has 0 saturated heterocycles.